The number of carbonyl (C=O) groups excluding carboxylic acids is 2. The molecule has 2 aliphatic rings. The molecule has 1 saturated heterocycles. The van der Waals surface area contributed by atoms with Crippen molar-refractivity contribution in [3.63, 3.8) is 0 Å². The Morgan fingerprint density at radius 1 is 1.13 bits per heavy atom. The molecule has 0 aromatic heterocycles. The van der Waals surface area contributed by atoms with Crippen LogP contribution < -0.4 is 10.6 Å². The van der Waals surface area contributed by atoms with Crippen LogP contribution in [0.4, 0.5) is 31.1 Å². The van der Waals surface area contributed by atoms with Crippen molar-refractivity contribution in [1.29, 1.82) is 0 Å². The molecule has 0 spiro atoms. The van der Waals surface area contributed by atoms with Gasteiger partial charge in [0.25, 0.3) is 0 Å². The zero-order valence-electron chi connectivity index (χ0n) is 16.7. The summed E-state index contributed by atoms with van der Waals surface area (Å²) in [6.07, 6.45) is -4.59. The van der Waals surface area contributed by atoms with E-state index in [4.69, 9.17) is 0 Å². The highest BCUT2D eigenvalue weighted by molar-refractivity contribution is 5.88. The van der Waals surface area contributed by atoms with Crippen LogP contribution in [0.15, 0.2) is 12.1 Å². The zero-order chi connectivity index (χ0) is 22.9. The Hall–Kier alpha value is -2.46. The van der Waals surface area contributed by atoms with Crippen molar-refractivity contribution >= 4 is 11.9 Å². The first-order chi connectivity index (χ1) is 14.5. The average Bonchev–Trinajstić information content (AvgIpc) is 2.71. The number of rotatable bonds is 3. The van der Waals surface area contributed by atoms with Gasteiger partial charge in [0, 0.05) is 13.1 Å². The van der Waals surface area contributed by atoms with Crippen LogP contribution in [0.2, 0.25) is 0 Å². The number of nitrogens with one attached hydrogen (secondary N) is 2. The Balaban J connectivity index is 1.85. The molecule has 3 amide bonds. The van der Waals surface area contributed by atoms with Crippen molar-refractivity contribution in [2.45, 2.75) is 50.9 Å². The van der Waals surface area contributed by atoms with Gasteiger partial charge in [0.15, 0.2) is 17.5 Å². The van der Waals surface area contributed by atoms with Gasteiger partial charge in [-0.15, -0.1) is 0 Å². The Morgan fingerprint density at radius 2 is 1.71 bits per heavy atom. The minimum atomic E-state index is -4.34. The number of hydrogen-bond acceptors (Lipinski definition) is 2. The summed E-state index contributed by atoms with van der Waals surface area (Å²) >= 11 is 0. The number of carbonyl (C=O) groups is 2. The second-order valence-electron chi connectivity index (χ2n) is 8.04. The van der Waals surface area contributed by atoms with E-state index in [0.717, 1.165) is 12.1 Å². The van der Waals surface area contributed by atoms with Crippen molar-refractivity contribution < 1.29 is 35.9 Å². The van der Waals surface area contributed by atoms with Gasteiger partial charge in [0.05, 0.1) is 12.0 Å². The molecule has 1 saturated carbocycles. The minimum Gasteiger partial charge on any atom is -0.353 e. The van der Waals surface area contributed by atoms with Gasteiger partial charge in [0.1, 0.15) is 6.04 Å². The van der Waals surface area contributed by atoms with Crippen LogP contribution in [0.3, 0.4) is 0 Å². The Morgan fingerprint density at radius 3 is 2.26 bits per heavy atom. The summed E-state index contributed by atoms with van der Waals surface area (Å²) in [5.74, 6) is -6.97. The highest BCUT2D eigenvalue weighted by atomic mass is 19.4. The molecule has 172 valence electrons. The number of nitrogens with zero attached hydrogens (tertiary/aromatic N) is 1. The monoisotopic (exact) mass is 451 g/mol. The first kappa shape index (κ1) is 23.2. The molecule has 2 fully saturated rings. The van der Waals surface area contributed by atoms with E-state index in [1.165, 1.54) is 11.8 Å². The fraction of sp³-hybridized carbons (Fsp3) is 0.600. The third-order valence-electron chi connectivity index (χ3n) is 6.11. The molecular formula is C20H23F6N3O2. The maximum Gasteiger partial charge on any atom is 0.391 e. The van der Waals surface area contributed by atoms with Crippen LogP contribution in [0.25, 0.3) is 0 Å². The second-order valence-corrected chi connectivity index (χ2v) is 8.04. The lowest BCUT2D eigenvalue weighted by molar-refractivity contribution is -0.184. The van der Waals surface area contributed by atoms with E-state index in [-0.39, 0.29) is 50.2 Å². The van der Waals surface area contributed by atoms with E-state index < -0.39 is 53.6 Å². The maximum atomic E-state index is 13.9. The summed E-state index contributed by atoms with van der Waals surface area (Å²) in [5, 5.41) is 5.22. The third kappa shape index (κ3) is 5.07. The smallest absolute Gasteiger partial charge is 0.353 e. The first-order valence-electron chi connectivity index (χ1n) is 10.0. The molecular weight excluding hydrogens is 428 g/mol. The number of alkyl halides is 3. The number of urea groups is 1. The summed E-state index contributed by atoms with van der Waals surface area (Å²) in [6, 6.07) is -1.03. The first-order valence-corrected chi connectivity index (χ1v) is 10.0. The second kappa shape index (κ2) is 8.96. The van der Waals surface area contributed by atoms with Crippen LogP contribution in [0, 0.1) is 29.3 Å². The molecule has 31 heavy (non-hydrogen) atoms. The molecule has 0 radical (unpaired) electrons. The summed E-state index contributed by atoms with van der Waals surface area (Å²) in [6.45, 7) is 1.92. The van der Waals surface area contributed by atoms with E-state index in [1.54, 1.807) is 0 Å². The van der Waals surface area contributed by atoms with Crippen molar-refractivity contribution in [2.75, 3.05) is 13.1 Å². The fourth-order valence-electron chi connectivity index (χ4n) is 4.28. The van der Waals surface area contributed by atoms with Crippen molar-refractivity contribution in [3.05, 3.63) is 35.1 Å². The molecule has 0 unspecified atom stereocenters. The maximum absolute atomic E-state index is 13.9. The van der Waals surface area contributed by atoms with Gasteiger partial charge in [-0.3, -0.25) is 4.79 Å². The summed E-state index contributed by atoms with van der Waals surface area (Å²) in [7, 11) is 0. The van der Waals surface area contributed by atoms with E-state index in [0.29, 0.717) is 0 Å². The van der Waals surface area contributed by atoms with Gasteiger partial charge >= 0.3 is 12.2 Å². The number of piperazine rings is 1. The van der Waals surface area contributed by atoms with E-state index in [1.807, 2.05) is 0 Å². The molecule has 2 N–H and O–H groups in total. The van der Waals surface area contributed by atoms with E-state index in [2.05, 4.69) is 10.6 Å². The van der Waals surface area contributed by atoms with E-state index in [9.17, 15) is 35.9 Å². The van der Waals surface area contributed by atoms with Gasteiger partial charge in [-0.05, 0) is 56.2 Å². The van der Waals surface area contributed by atoms with E-state index >= 15 is 0 Å². The molecule has 1 aliphatic heterocycles. The van der Waals surface area contributed by atoms with Crippen LogP contribution in [-0.2, 0) is 4.79 Å². The molecule has 2 atom stereocenters. The lowest BCUT2D eigenvalue weighted by Crippen LogP contribution is -2.58. The lowest BCUT2D eigenvalue weighted by Gasteiger charge is -2.38. The van der Waals surface area contributed by atoms with Crippen molar-refractivity contribution in [2.24, 2.45) is 11.8 Å². The topological polar surface area (TPSA) is 61.4 Å². The number of amides is 3. The summed E-state index contributed by atoms with van der Waals surface area (Å²) < 4.78 is 80.2. The SMILES string of the molecule is C[C@@H]1C(=O)NCCN1C(=O)N[C@@H](c1cc(F)c(F)c(F)c1)[C@H]1CC[C@H](C(F)(F)F)CC1. The fourth-order valence-corrected chi connectivity index (χ4v) is 4.28. The van der Waals surface area contributed by atoms with Crippen molar-refractivity contribution in [1.82, 2.24) is 15.5 Å². The minimum absolute atomic E-state index is 0.0613. The number of benzene rings is 1. The van der Waals surface area contributed by atoms with Crippen LogP contribution in [0.5, 0.6) is 0 Å². The van der Waals surface area contributed by atoms with Gasteiger partial charge in [0.2, 0.25) is 5.91 Å². The van der Waals surface area contributed by atoms with Gasteiger partial charge in [-0.2, -0.15) is 13.2 Å². The van der Waals surface area contributed by atoms with Gasteiger partial charge < -0.3 is 15.5 Å². The molecule has 5 nitrogen and oxygen atoms in total. The molecule has 11 heteroatoms. The lowest BCUT2D eigenvalue weighted by atomic mass is 9.76. The third-order valence-corrected chi connectivity index (χ3v) is 6.11. The molecule has 1 aromatic carbocycles. The summed E-state index contributed by atoms with van der Waals surface area (Å²) in [4.78, 5) is 25.9. The molecule has 0 bridgehead atoms. The molecule has 3 rings (SSSR count). The normalized spacial score (nSPS) is 25.7. The Bertz CT molecular complexity index is 816. The highest BCUT2D eigenvalue weighted by Crippen LogP contribution is 2.43. The van der Waals surface area contributed by atoms with Crippen LogP contribution in [-0.4, -0.2) is 42.1 Å². The van der Waals surface area contributed by atoms with Crippen molar-refractivity contribution in [3.8, 4) is 0 Å². The Labute approximate surface area is 175 Å². The summed E-state index contributed by atoms with van der Waals surface area (Å²) in [5.41, 5.74) is -0.0747. The predicted molar refractivity (Wildman–Crippen MR) is 98.3 cm³/mol. The highest BCUT2D eigenvalue weighted by Gasteiger charge is 2.43. The number of hydrogen-bond donors (Lipinski definition) is 2. The molecule has 1 aromatic rings. The molecule has 1 heterocycles. The predicted octanol–water partition coefficient (Wildman–Crippen LogP) is 4.04. The molecule has 1 aliphatic carbocycles. The standard InChI is InChI=1S/C20H23F6N3O2/c1-10-18(30)27-6-7-29(10)19(31)28-17(12-8-14(21)16(23)15(22)9-12)11-2-4-13(5-3-11)20(24,25)26/h8-11,13,17H,2-7H2,1H3,(H,27,30)(H,28,31)/t10-,11-,13-,17-/m1/s1. The van der Waals surface area contributed by atoms with Gasteiger partial charge in [-0.25, -0.2) is 18.0 Å². The quantitative estimate of drug-likeness (QED) is 0.538. The van der Waals surface area contributed by atoms with Crippen LogP contribution in [0.1, 0.15) is 44.2 Å². The number of halogens is 6. The Kier molecular flexibility index (Phi) is 6.70. The largest absolute Gasteiger partial charge is 0.391 e. The van der Waals surface area contributed by atoms with Crippen LogP contribution >= 0.6 is 0 Å². The van der Waals surface area contributed by atoms with Gasteiger partial charge in [-0.1, -0.05) is 0 Å². The average molecular weight is 451 g/mol. The zero-order valence-corrected chi connectivity index (χ0v) is 16.7.